The van der Waals surface area contributed by atoms with Gasteiger partial charge in [0.1, 0.15) is 26.4 Å². The van der Waals surface area contributed by atoms with Gasteiger partial charge in [-0.15, -0.1) is 0 Å². The van der Waals surface area contributed by atoms with Crippen molar-refractivity contribution in [2.75, 3.05) is 12.4 Å². The molecule has 6 nitrogen and oxygen atoms in total. The number of nitrogens with zero attached hydrogens (tertiary/aromatic N) is 5. The molecule has 122 valence electrons. The molecule has 25 heavy (non-hydrogen) atoms. The van der Waals surface area contributed by atoms with Gasteiger partial charge in [0.25, 0.3) is 0 Å². The molecule has 0 amide bonds. The zero-order valence-electron chi connectivity index (χ0n) is 13.7. The average molecular weight is 346 g/mol. The minimum absolute atomic E-state index is 0.776. The van der Waals surface area contributed by atoms with Gasteiger partial charge in [-0.3, -0.25) is 4.98 Å². The summed E-state index contributed by atoms with van der Waals surface area (Å²) in [7, 11) is 3.84. The number of fused-ring (bicyclic) bond motifs is 4. The average Bonchev–Trinajstić information content (AvgIpc) is 3.24. The summed E-state index contributed by atoms with van der Waals surface area (Å²) in [5.41, 5.74) is 4.77. The summed E-state index contributed by atoms with van der Waals surface area (Å²) in [5.74, 6) is 0.776. The molecule has 0 radical (unpaired) electrons. The van der Waals surface area contributed by atoms with E-state index in [0.29, 0.717) is 0 Å². The Morgan fingerprint density at radius 1 is 1.04 bits per heavy atom. The zero-order valence-corrected chi connectivity index (χ0v) is 14.5. The Balaban J connectivity index is 1.86. The summed E-state index contributed by atoms with van der Waals surface area (Å²) in [4.78, 5) is 19.4. The molecule has 0 atom stereocenters. The third-order valence-electron chi connectivity index (χ3n) is 4.32. The van der Waals surface area contributed by atoms with Crippen LogP contribution in [0.3, 0.4) is 0 Å². The third kappa shape index (κ3) is 2.02. The van der Waals surface area contributed by atoms with Crippen molar-refractivity contribution >= 4 is 49.4 Å². The van der Waals surface area contributed by atoms with Crippen LogP contribution in [0.25, 0.3) is 42.9 Å². The second kappa shape index (κ2) is 5.22. The van der Waals surface area contributed by atoms with Crippen molar-refractivity contribution in [2.24, 2.45) is 7.05 Å². The van der Waals surface area contributed by atoms with Crippen molar-refractivity contribution in [3.63, 3.8) is 0 Å². The van der Waals surface area contributed by atoms with Crippen LogP contribution in [-0.2, 0) is 7.05 Å². The van der Waals surface area contributed by atoms with Crippen molar-refractivity contribution in [2.45, 2.75) is 0 Å². The number of benzene rings is 1. The molecule has 0 aliphatic rings. The fraction of sp³-hybridized carbons (Fsp3) is 0.111. The second-order valence-electron chi connectivity index (χ2n) is 5.81. The van der Waals surface area contributed by atoms with Gasteiger partial charge >= 0.3 is 0 Å². The highest BCUT2D eigenvalue weighted by atomic mass is 32.1. The molecule has 0 spiro atoms. The van der Waals surface area contributed by atoms with Crippen molar-refractivity contribution in [1.29, 1.82) is 0 Å². The standard InChI is InChI=1S/C18H14N6S/c1-19-16-13-15(24(2)9-21-13)14-18(23-16)25-17(22-14)11-7-8-20-12-6-4-3-5-10(11)12/h3-9H,1-2H3,(H,19,23). The molecular formula is C18H14N6S. The van der Waals surface area contributed by atoms with Gasteiger partial charge in [0, 0.05) is 31.2 Å². The van der Waals surface area contributed by atoms with Gasteiger partial charge in [-0.05, 0) is 12.1 Å². The van der Waals surface area contributed by atoms with Crippen LogP contribution >= 0.6 is 11.3 Å². The first kappa shape index (κ1) is 14.3. The van der Waals surface area contributed by atoms with Crippen molar-refractivity contribution in [3.05, 3.63) is 42.9 Å². The van der Waals surface area contributed by atoms with E-state index in [0.717, 1.165) is 48.7 Å². The van der Waals surface area contributed by atoms with Crippen LogP contribution in [0, 0.1) is 0 Å². The molecule has 4 aromatic heterocycles. The minimum Gasteiger partial charge on any atom is -0.371 e. The van der Waals surface area contributed by atoms with E-state index in [1.807, 2.05) is 49.1 Å². The molecule has 0 bridgehead atoms. The smallest absolute Gasteiger partial charge is 0.155 e. The molecule has 5 rings (SSSR count). The summed E-state index contributed by atoms with van der Waals surface area (Å²) in [5, 5.41) is 5.17. The Bertz CT molecular complexity index is 1250. The van der Waals surface area contributed by atoms with Crippen molar-refractivity contribution in [3.8, 4) is 10.6 Å². The second-order valence-corrected chi connectivity index (χ2v) is 6.79. The van der Waals surface area contributed by atoms with Crippen LogP contribution in [0.4, 0.5) is 5.82 Å². The number of pyridine rings is 2. The predicted molar refractivity (Wildman–Crippen MR) is 102 cm³/mol. The lowest BCUT2D eigenvalue weighted by Crippen LogP contribution is -1.95. The van der Waals surface area contributed by atoms with Gasteiger partial charge in [-0.1, -0.05) is 29.5 Å². The van der Waals surface area contributed by atoms with E-state index in [1.165, 1.54) is 0 Å². The Kier molecular flexibility index (Phi) is 2.98. The highest BCUT2D eigenvalue weighted by Gasteiger charge is 2.17. The van der Waals surface area contributed by atoms with Crippen LogP contribution in [0.15, 0.2) is 42.9 Å². The molecule has 0 aliphatic heterocycles. The van der Waals surface area contributed by atoms with Gasteiger partial charge < -0.3 is 9.88 Å². The number of hydrogen-bond acceptors (Lipinski definition) is 6. The molecule has 4 heterocycles. The van der Waals surface area contributed by atoms with Crippen LogP contribution in [0.1, 0.15) is 0 Å². The van der Waals surface area contributed by atoms with E-state index in [1.54, 1.807) is 17.7 Å². The van der Waals surface area contributed by atoms with Gasteiger partial charge in [-0.25, -0.2) is 15.0 Å². The molecular weight excluding hydrogens is 332 g/mol. The maximum absolute atomic E-state index is 4.91. The number of hydrogen-bond donors (Lipinski definition) is 1. The van der Waals surface area contributed by atoms with Gasteiger partial charge in [-0.2, -0.15) is 0 Å². The lowest BCUT2D eigenvalue weighted by atomic mass is 10.1. The molecule has 5 aromatic rings. The molecule has 0 unspecified atom stereocenters. The maximum Gasteiger partial charge on any atom is 0.155 e. The fourth-order valence-electron chi connectivity index (χ4n) is 3.15. The Labute approximate surface area is 147 Å². The molecule has 0 fully saturated rings. The van der Waals surface area contributed by atoms with E-state index in [4.69, 9.17) is 9.97 Å². The number of para-hydroxylation sites is 1. The predicted octanol–water partition coefficient (Wildman–Crippen LogP) is 3.83. The number of rotatable bonds is 2. The first-order valence-corrected chi connectivity index (χ1v) is 8.71. The van der Waals surface area contributed by atoms with Crippen molar-refractivity contribution < 1.29 is 0 Å². The number of thiazole rings is 1. The quantitative estimate of drug-likeness (QED) is 0.526. The highest BCUT2D eigenvalue weighted by Crippen LogP contribution is 2.37. The lowest BCUT2D eigenvalue weighted by Gasteiger charge is -2.02. The van der Waals surface area contributed by atoms with Crippen molar-refractivity contribution in [1.82, 2.24) is 24.5 Å². The van der Waals surface area contributed by atoms with Gasteiger partial charge in [0.15, 0.2) is 5.82 Å². The van der Waals surface area contributed by atoms with E-state index in [-0.39, 0.29) is 0 Å². The minimum atomic E-state index is 0.776. The van der Waals surface area contributed by atoms with Crippen LogP contribution in [-0.4, -0.2) is 31.6 Å². The summed E-state index contributed by atoms with van der Waals surface area (Å²) in [6, 6.07) is 10.1. The molecule has 1 N–H and O–H groups in total. The van der Waals surface area contributed by atoms with Crippen LogP contribution in [0.5, 0.6) is 0 Å². The van der Waals surface area contributed by atoms with E-state index in [9.17, 15) is 0 Å². The summed E-state index contributed by atoms with van der Waals surface area (Å²) in [6.07, 6.45) is 3.63. The van der Waals surface area contributed by atoms with E-state index < -0.39 is 0 Å². The van der Waals surface area contributed by atoms with E-state index >= 15 is 0 Å². The SMILES string of the molecule is CNc1nc2sc(-c3ccnc4ccccc34)nc2c2c1ncn2C. The summed E-state index contributed by atoms with van der Waals surface area (Å²) < 4.78 is 1.99. The lowest BCUT2D eigenvalue weighted by molar-refractivity contribution is 0.949. The maximum atomic E-state index is 4.91. The number of aromatic nitrogens is 5. The Morgan fingerprint density at radius 2 is 1.92 bits per heavy atom. The zero-order chi connectivity index (χ0) is 17.0. The summed E-state index contributed by atoms with van der Waals surface area (Å²) >= 11 is 1.59. The van der Waals surface area contributed by atoms with Gasteiger partial charge in [0.05, 0.1) is 11.8 Å². The number of aryl methyl sites for hydroxylation is 1. The third-order valence-corrected chi connectivity index (χ3v) is 5.31. The molecule has 7 heteroatoms. The number of anilines is 1. The highest BCUT2D eigenvalue weighted by molar-refractivity contribution is 7.21. The first-order valence-electron chi connectivity index (χ1n) is 7.89. The fourth-order valence-corrected chi connectivity index (χ4v) is 4.14. The van der Waals surface area contributed by atoms with E-state index in [2.05, 4.69) is 21.4 Å². The molecule has 1 aromatic carbocycles. The van der Waals surface area contributed by atoms with Gasteiger partial charge in [0.2, 0.25) is 0 Å². The number of nitrogens with one attached hydrogen (secondary N) is 1. The Hall–Kier alpha value is -3.06. The topological polar surface area (TPSA) is 68.5 Å². The first-order chi connectivity index (χ1) is 12.3. The summed E-state index contributed by atoms with van der Waals surface area (Å²) in [6.45, 7) is 0. The van der Waals surface area contributed by atoms with Crippen LogP contribution < -0.4 is 5.32 Å². The largest absolute Gasteiger partial charge is 0.371 e. The normalized spacial score (nSPS) is 11.6. The molecule has 0 saturated heterocycles. The molecule has 0 saturated carbocycles. The van der Waals surface area contributed by atoms with Crippen LogP contribution in [0.2, 0.25) is 0 Å². The molecule has 0 aliphatic carbocycles. The monoisotopic (exact) mass is 346 g/mol. The Morgan fingerprint density at radius 3 is 2.80 bits per heavy atom. The number of imidazole rings is 1.